The summed E-state index contributed by atoms with van der Waals surface area (Å²) in [4.78, 5) is 0. The van der Waals surface area contributed by atoms with E-state index >= 15 is 0 Å². The molecule has 1 aliphatic rings. The molecule has 0 saturated heterocycles. The highest BCUT2D eigenvalue weighted by Gasteiger charge is 2.20. The highest BCUT2D eigenvalue weighted by atomic mass is 32.1. The van der Waals surface area contributed by atoms with Crippen molar-refractivity contribution in [2.24, 2.45) is 0 Å². The maximum absolute atomic E-state index is 5.72. The first kappa shape index (κ1) is 9.71. The quantitative estimate of drug-likeness (QED) is 0.717. The molecule has 1 unspecified atom stereocenters. The zero-order valence-corrected chi connectivity index (χ0v) is 9.30. The zero-order chi connectivity index (χ0) is 10.1. The van der Waals surface area contributed by atoms with E-state index < -0.39 is 0 Å². The number of hydrogen-bond acceptors (Lipinski definition) is 3. The largest absolute Gasteiger partial charge is 0.486 e. The highest BCUT2D eigenvalue weighted by molar-refractivity contribution is 7.80. The van der Waals surface area contributed by atoms with Crippen molar-refractivity contribution in [3.63, 3.8) is 0 Å². The van der Waals surface area contributed by atoms with Crippen LogP contribution in [0, 0.1) is 13.8 Å². The van der Waals surface area contributed by atoms with Gasteiger partial charge in [0.25, 0.3) is 0 Å². The van der Waals surface area contributed by atoms with Gasteiger partial charge in [0.2, 0.25) is 0 Å². The van der Waals surface area contributed by atoms with Crippen LogP contribution in [-0.2, 0) is 0 Å². The first-order valence-corrected chi connectivity index (χ1v) is 5.35. The van der Waals surface area contributed by atoms with Crippen LogP contribution < -0.4 is 9.47 Å². The molecular weight excluding hydrogens is 196 g/mol. The minimum absolute atomic E-state index is 0.0768. The maximum Gasteiger partial charge on any atom is 0.162 e. The maximum atomic E-state index is 5.72. The third-order valence-corrected chi connectivity index (χ3v) is 2.89. The van der Waals surface area contributed by atoms with Crippen molar-refractivity contribution in [3.05, 3.63) is 23.3 Å². The molecule has 1 aromatic rings. The van der Waals surface area contributed by atoms with E-state index in [2.05, 4.69) is 26.5 Å². The summed E-state index contributed by atoms with van der Waals surface area (Å²) >= 11 is 4.20. The molecule has 0 spiro atoms. The molecule has 2 nitrogen and oxygen atoms in total. The molecule has 1 aromatic carbocycles. The summed E-state index contributed by atoms with van der Waals surface area (Å²) in [6.07, 6.45) is 0.0768. The standard InChI is InChI=1S/C11H14O2S/c1-7-3-10-11(4-8(7)2)13-9(6-14)5-12-10/h3-4,9,14H,5-6H2,1-2H3. The molecule has 0 saturated carbocycles. The fraction of sp³-hybridized carbons (Fsp3) is 0.455. The molecule has 0 aliphatic carbocycles. The monoisotopic (exact) mass is 210 g/mol. The van der Waals surface area contributed by atoms with Gasteiger partial charge in [0.05, 0.1) is 0 Å². The SMILES string of the molecule is Cc1cc2c(cc1C)OC(CS)CO2. The van der Waals surface area contributed by atoms with E-state index in [1.54, 1.807) is 0 Å². The molecule has 1 aliphatic heterocycles. The molecule has 1 heterocycles. The van der Waals surface area contributed by atoms with Crippen LogP contribution in [-0.4, -0.2) is 18.5 Å². The average molecular weight is 210 g/mol. The first-order valence-electron chi connectivity index (χ1n) is 4.72. The lowest BCUT2D eigenvalue weighted by Crippen LogP contribution is -2.30. The topological polar surface area (TPSA) is 18.5 Å². The molecule has 14 heavy (non-hydrogen) atoms. The van der Waals surface area contributed by atoms with Gasteiger partial charge in [-0.25, -0.2) is 0 Å². The van der Waals surface area contributed by atoms with Gasteiger partial charge in [0, 0.05) is 5.75 Å². The normalized spacial score (nSPS) is 19.5. The van der Waals surface area contributed by atoms with E-state index in [-0.39, 0.29) is 6.10 Å². The Morgan fingerprint density at radius 3 is 2.57 bits per heavy atom. The van der Waals surface area contributed by atoms with Crippen LogP contribution in [0.1, 0.15) is 11.1 Å². The van der Waals surface area contributed by atoms with Gasteiger partial charge in [-0.15, -0.1) is 0 Å². The van der Waals surface area contributed by atoms with E-state index in [9.17, 15) is 0 Å². The summed E-state index contributed by atoms with van der Waals surface area (Å²) in [6.45, 7) is 4.74. The van der Waals surface area contributed by atoms with Crippen molar-refractivity contribution < 1.29 is 9.47 Å². The molecule has 1 atom stereocenters. The van der Waals surface area contributed by atoms with Crippen molar-refractivity contribution in [2.75, 3.05) is 12.4 Å². The Bertz CT molecular complexity index is 349. The van der Waals surface area contributed by atoms with Crippen molar-refractivity contribution in [3.8, 4) is 11.5 Å². The third-order valence-electron chi connectivity index (χ3n) is 2.48. The molecule has 76 valence electrons. The van der Waals surface area contributed by atoms with E-state index in [4.69, 9.17) is 9.47 Å². The highest BCUT2D eigenvalue weighted by Crippen LogP contribution is 2.34. The van der Waals surface area contributed by atoms with Gasteiger partial charge in [0.1, 0.15) is 12.7 Å². The molecule has 0 radical (unpaired) electrons. The van der Waals surface area contributed by atoms with Gasteiger partial charge in [-0.05, 0) is 37.1 Å². The lowest BCUT2D eigenvalue weighted by atomic mass is 10.1. The molecule has 0 fully saturated rings. The van der Waals surface area contributed by atoms with Gasteiger partial charge < -0.3 is 9.47 Å². The minimum atomic E-state index is 0.0768. The number of rotatable bonds is 1. The Balaban J connectivity index is 2.33. The molecule has 2 rings (SSSR count). The summed E-state index contributed by atoms with van der Waals surface area (Å²) in [6, 6.07) is 4.06. The Morgan fingerprint density at radius 1 is 1.29 bits per heavy atom. The lowest BCUT2D eigenvalue weighted by Gasteiger charge is -2.26. The van der Waals surface area contributed by atoms with E-state index in [0.29, 0.717) is 12.4 Å². The van der Waals surface area contributed by atoms with Crippen molar-refractivity contribution in [2.45, 2.75) is 20.0 Å². The van der Waals surface area contributed by atoms with Crippen molar-refractivity contribution in [1.82, 2.24) is 0 Å². The number of aryl methyl sites for hydroxylation is 2. The molecule has 0 amide bonds. The number of hydrogen-bond donors (Lipinski definition) is 1. The molecule has 0 bridgehead atoms. The number of ether oxygens (including phenoxy) is 2. The van der Waals surface area contributed by atoms with Gasteiger partial charge in [-0.3, -0.25) is 0 Å². The lowest BCUT2D eigenvalue weighted by molar-refractivity contribution is 0.107. The Kier molecular flexibility index (Phi) is 2.59. The van der Waals surface area contributed by atoms with Crippen LogP contribution in [0.3, 0.4) is 0 Å². The smallest absolute Gasteiger partial charge is 0.162 e. The Morgan fingerprint density at radius 2 is 1.93 bits per heavy atom. The van der Waals surface area contributed by atoms with E-state index in [1.807, 2.05) is 12.1 Å². The summed E-state index contributed by atoms with van der Waals surface area (Å²) in [5.74, 6) is 2.39. The average Bonchev–Trinajstić information content (AvgIpc) is 2.19. The number of thiol groups is 1. The van der Waals surface area contributed by atoms with E-state index in [0.717, 1.165) is 11.5 Å². The minimum Gasteiger partial charge on any atom is -0.486 e. The Hall–Kier alpha value is -0.830. The van der Waals surface area contributed by atoms with Crippen LogP contribution in [0.15, 0.2) is 12.1 Å². The summed E-state index contributed by atoms with van der Waals surface area (Å²) < 4.78 is 11.3. The number of fused-ring (bicyclic) bond motifs is 1. The van der Waals surface area contributed by atoms with Crippen LogP contribution in [0.5, 0.6) is 11.5 Å². The predicted molar refractivity (Wildman–Crippen MR) is 59.7 cm³/mol. The van der Waals surface area contributed by atoms with E-state index in [1.165, 1.54) is 11.1 Å². The summed E-state index contributed by atoms with van der Waals surface area (Å²) in [5.41, 5.74) is 2.46. The second-order valence-electron chi connectivity index (χ2n) is 3.62. The number of benzene rings is 1. The third kappa shape index (κ3) is 1.69. The second-order valence-corrected chi connectivity index (χ2v) is 3.98. The second kappa shape index (κ2) is 3.73. The van der Waals surface area contributed by atoms with Gasteiger partial charge in [0.15, 0.2) is 11.5 Å². The fourth-order valence-electron chi connectivity index (χ4n) is 1.45. The van der Waals surface area contributed by atoms with Gasteiger partial charge in [-0.1, -0.05) is 0 Å². The van der Waals surface area contributed by atoms with Gasteiger partial charge in [-0.2, -0.15) is 12.6 Å². The predicted octanol–water partition coefficient (Wildman–Crippen LogP) is 2.37. The fourth-order valence-corrected chi connectivity index (χ4v) is 1.63. The van der Waals surface area contributed by atoms with Gasteiger partial charge >= 0.3 is 0 Å². The van der Waals surface area contributed by atoms with Crippen LogP contribution in [0.4, 0.5) is 0 Å². The molecule has 0 N–H and O–H groups in total. The van der Waals surface area contributed by atoms with Crippen molar-refractivity contribution in [1.29, 1.82) is 0 Å². The molecule has 3 heteroatoms. The first-order chi connectivity index (χ1) is 6.70. The molecule has 0 aromatic heterocycles. The van der Waals surface area contributed by atoms with Crippen LogP contribution in [0.25, 0.3) is 0 Å². The van der Waals surface area contributed by atoms with Crippen molar-refractivity contribution >= 4 is 12.6 Å². The summed E-state index contributed by atoms with van der Waals surface area (Å²) in [7, 11) is 0. The van der Waals surface area contributed by atoms with Crippen LogP contribution >= 0.6 is 12.6 Å². The summed E-state index contributed by atoms with van der Waals surface area (Å²) in [5, 5.41) is 0. The Labute approximate surface area is 89.6 Å². The molecular formula is C11H14O2S. The zero-order valence-electron chi connectivity index (χ0n) is 8.41. The van der Waals surface area contributed by atoms with Crippen LogP contribution in [0.2, 0.25) is 0 Å².